The van der Waals surface area contributed by atoms with Crippen LogP contribution in [0.2, 0.25) is 0 Å². The summed E-state index contributed by atoms with van der Waals surface area (Å²) in [6, 6.07) is 12.7. The van der Waals surface area contributed by atoms with Gasteiger partial charge in [-0.15, -0.1) is 0 Å². The Balaban J connectivity index is 1.89. The fourth-order valence-electron chi connectivity index (χ4n) is 2.64. The minimum atomic E-state index is -0.607. The topological polar surface area (TPSA) is 59.0 Å². The maximum absolute atomic E-state index is 12.7. The molecule has 0 aliphatic carbocycles. The van der Waals surface area contributed by atoms with Gasteiger partial charge in [-0.25, -0.2) is 0 Å². The summed E-state index contributed by atoms with van der Waals surface area (Å²) < 4.78 is 11.0. The molecule has 23 heavy (non-hydrogen) atoms. The lowest BCUT2D eigenvalue weighted by Crippen LogP contribution is -2.47. The number of benzene rings is 2. The number of anilines is 1. The zero-order valence-corrected chi connectivity index (χ0v) is 13.2. The quantitative estimate of drug-likeness (QED) is 0.943. The lowest BCUT2D eigenvalue weighted by molar-refractivity contribution is -0.127. The molecule has 1 N–H and O–H groups in total. The molecule has 0 spiro atoms. The van der Waals surface area contributed by atoms with Crippen molar-refractivity contribution in [1.29, 1.82) is 0 Å². The third kappa shape index (κ3) is 3.14. The summed E-state index contributed by atoms with van der Waals surface area (Å²) in [6.07, 6.45) is -0.121. The second-order valence-corrected chi connectivity index (χ2v) is 5.63. The molecule has 0 radical (unpaired) electrons. The van der Waals surface area contributed by atoms with Crippen LogP contribution in [0.5, 0.6) is 11.5 Å². The minimum Gasteiger partial charge on any atom is -0.508 e. The molecule has 0 saturated heterocycles. The number of aryl methyl sites for hydroxylation is 1. The van der Waals surface area contributed by atoms with Gasteiger partial charge in [0.15, 0.2) is 6.10 Å². The SMILES string of the molecule is COCN1C(=O)C(Cc2ccc(C)cc2)Oc2ccc(O)cc21. The smallest absolute Gasteiger partial charge is 0.270 e. The molecule has 120 valence electrons. The van der Waals surface area contributed by atoms with Crippen molar-refractivity contribution in [3.8, 4) is 11.5 Å². The summed E-state index contributed by atoms with van der Waals surface area (Å²) in [7, 11) is 1.53. The van der Waals surface area contributed by atoms with Crippen molar-refractivity contribution in [2.75, 3.05) is 18.7 Å². The van der Waals surface area contributed by atoms with Gasteiger partial charge in [0.2, 0.25) is 0 Å². The maximum Gasteiger partial charge on any atom is 0.270 e. The molecule has 5 heteroatoms. The molecular formula is C18H19NO4. The summed E-state index contributed by atoms with van der Waals surface area (Å²) in [6.45, 7) is 2.14. The van der Waals surface area contributed by atoms with Gasteiger partial charge in [0.05, 0.1) is 5.69 Å². The molecule has 0 fully saturated rings. The number of hydrogen-bond donors (Lipinski definition) is 1. The second-order valence-electron chi connectivity index (χ2n) is 5.63. The summed E-state index contributed by atoms with van der Waals surface area (Å²) in [5.41, 5.74) is 2.73. The Kier molecular flexibility index (Phi) is 4.21. The Morgan fingerprint density at radius 1 is 1.22 bits per heavy atom. The maximum atomic E-state index is 12.7. The van der Waals surface area contributed by atoms with Crippen LogP contribution in [0.3, 0.4) is 0 Å². The minimum absolute atomic E-state index is 0.0817. The predicted octanol–water partition coefficient (Wildman–Crippen LogP) is 2.64. The summed E-state index contributed by atoms with van der Waals surface area (Å²) >= 11 is 0. The number of fused-ring (bicyclic) bond motifs is 1. The first kappa shape index (κ1) is 15.4. The van der Waals surface area contributed by atoms with Gasteiger partial charge in [-0.1, -0.05) is 29.8 Å². The summed E-state index contributed by atoms with van der Waals surface area (Å²) in [5, 5.41) is 9.65. The van der Waals surface area contributed by atoms with Crippen molar-refractivity contribution in [2.45, 2.75) is 19.4 Å². The van der Waals surface area contributed by atoms with Crippen molar-refractivity contribution in [1.82, 2.24) is 0 Å². The van der Waals surface area contributed by atoms with Gasteiger partial charge in [-0.3, -0.25) is 9.69 Å². The first-order valence-electron chi connectivity index (χ1n) is 7.44. The second kappa shape index (κ2) is 6.30. The largest absolute Gasteiger partial charge is 0.508 e. The van der Waals surface area contributed by atoms with Crippen LogP contribution in [0.15, 0.2) is 42.5 Å². The number of ether oxygens (including phenoxy) is 2. The van der Waals surface area contributed by atoms with Gasteiger partial charge in [-0.05, 0) is 24.6 Å². The van der Waals surface area contributed by atoms with E-state index < -0.39 is 6.10 Å². The highest BCUT2D eigenvalue weighted by Gasteiger charge is 2.34. The highest BCUT2D eigenvalue weighted by Crippen LogP contribution is 2.37. The van der Waals surface area contributed by atoms with Crippen LogP contribution in [-0.4, -0.2) is 31.0 Å². The molecule has 0 saturated carbocycles. The number of methoxy groups -OCH3 is 1. The van der Waals surface area contributed by atoms with Crippen molar-refractivity contribution in [2.24, 2.45) is 0 Å². The normalized spacial score (nSPS) is 16.9. The molecule has 0 aromatic heterocycles. The molecule has 0 bridgehead atoms. The fourth-order valence-corrected chi connectivity index (χ4v) is 2.64. The lowest BCUT2D eigenvalue weighted by atomic mass is 10.0. The Hall–Kier alpha value is -2.53. The Morgan fingerprint density at radius 2 is 1.96 bits per heavy atom. The van der Waals surface area contributed by atoms with Crippen LogP contribution < -0.4 is 9.64 Å². The van der Waals surface area contributed by atoms with E-state index in [0.29, 0.717) is 17.9 Å². The van der Waals surface area contributed by atoms with Crippen molar-refractivity contribution < 1.29 is 19.4 Å². The van der Waals surface area contributed by atoms with Gasteiger partial charge in [0, 0.05) is 19.6 Å². The molecule has 5 nitrogen and oxygen atoms in total. The van der Waals surface area contributed by atoms with Crippen LogP contribution in [-0.2, 0) is 16.0 Å². The number of carbonyl (C=O) groups excluding carboxylic acids is 1. The van der Waals surface area contributed by atoms with E-state index in [0.717, 1.165) is 5.56 Å². The third-order valence-corrected chi connectivity index (χ3v) is 3.84. The highest BCUT2D eigenvalue weighted by molar-refractivity contribution is 6.00. The first-order valence-corrected chi connectivity index (χ1v) is 7.44. The fraction of sp³-hybridized carbons (Fsp3) is 0.278. The van der Waals surface area contributed by atoms with Crippen LogP contribution in [0.25, 0.3) is 0 Å². The number of phenolic OH excluding ortho intramolecular Hbond substituents is 1. The van der Waals surface area contributed by atoms with Crippen molar-refractivity contribution >= 4 is 11.6 Å². The molecule has 2 aromatic rings. The molecule has 3 rings (SSSR count). The zero-order chi connectivity index (χ0) is 16.4. The van der Waals surface area contributed by atoms with E-state index in [9.17, 15) is 9.90 Å². The molecule has 1 heterocycles. The molecule has 1 aliphatic rings. The van der Waals surface area contributed by atoms with E-state index >= 15 is 0 Å². The van der Waals surface area contributed by atoms with E-state index in [4.69, 9.17) is 9.47 Å². The standard InChI is InChI=1S/C18H19NO4/c1-12-3-5-13(6-4-12)9-17-18(21)19(11-22-2)15-10-14(20)7-8-16(15)23-17/h3-8,10,17,20H,9,11H2,1-2H3. The number of rotatable bonds is 4. The van der Waals surface area contributed by atoms with Crippen molar-refractivity contribution in [3.05, 3.63) is 53.6 Å². The Morgan fingerprint density at radius 3 is 2.65 bits per heavy atom. The summed E-state index contributed by atoms with van der Waals surface area (Å²) in [4.78, 5) is 14.2. The average Bonchev–Trinajstić information content (AvgIpc) is 2.54. The van der Waals surface area contributed by atoms with E-state index in [2.05, 4.69) is 0 Å². The monoisotopic (exact) mass is 313 g/mol. The van der Waals surface area contributed by atoms with E-state index in [1.165, 1.54) is 23.6 Å². The van der Waals surface area contributed by atoms with Crippen molar-refractivity contribution in [3.63, 3.8) is 0 Å². The van der Waals surface area contributed by atoms with Crippen LogP contribution >= 0.6 is 0 Å². The van der Waals surface area contributed by atoms with Gasteiger partial charge < -0.3 is 14.6 Å². The van der Waals surface area contributed by atoms with Gasteiger partial charge in [0.25, 0.3) is 5.91 Å². The molecular weight excluding hydrogens is 294 g/mol. The van der Waals surface area contributed by atoms with E-state index in [-0.39, 0.29) is 18.4 Å². The number of hydrogen-bond acceptors (Lipinski definition) is 4. The third-order valence-electron chi connectivity index (χ3n) is 3.84. The zero-order valence-electron chi connectivity index (χ0n) is 13.2. The average molecular weight is 313 g/mol. The van der Waals surface area contributed by atoms with Crippen LogP contribution in [0.4, 0.5) is 5.69 Å². The number of carbonyl (C=O) groups is 1. The van der Waals surface area contributed by atoms with Gasteiger partial charge in [0.1, 0.15) is 18.2 Å². The van der Waals surface area contributed by atoms with E-state index in [1.807, 2.05) is 31.2 Å². The number of phenols is 1. The van der Waals surface area contributed by atoms with Crippen LogP contribution in [0.1, 0.15) is 11.1 Å². The molecule has 2 aromatic carbocycles. The lowest BCUT2D eigenvalue weighted by Gasteiger charge is -2.34. The number of aromatic hydroxyl groups is 1. The van der Waals surface area contributed by atoms with E-state index in [1.54, 1.807) is 12.1 Å². The van der Waals surface area contributed by atoms with Gasteiger partial charge in [-0.2, -0.15) is 0 Å². The molecule has 1 amide bonds. The predicted molar refractivity (Wildman–Crippen MR) is 86.8 cm³/mol. The van der Waals surface area contributed by atoms with Gasteiger partial charge >= 0.3 is 0 Å². The molecule has 1 aliphatic heterocycles. The van der Waals surface area contributed by atoms with Crippen LogP contribution in [0, 0.1) is 6.92 Å². The summed E-state index contributed by atoms with van der Waals surface area (Å²) in [5.74, 6) is 0.473. The number of amides is 1. The Labute approximate surface area is 135 Å². The highest BCUT2D eigenvalue weighted by atomic mass is 16.5. The first-order chi connectivity index (χ1) is 11.1. The Bertz CT molecular complexity index is 711. The number of nitrogens with zero attached hydrogens (tertiary/aromatic N) is 1. The molecule has 1 atom stereocenters. The molecule has 1 unspecified atom stereocenters.